The van der Waals surface area contributed by atoms with Crippen molar-refractivity contribution in [3.05, 3.63) is 52.4 Å². The van der Waals surface area contributed by atoms with Gasteiger partial charge in [-0.2, -0.15) is 5.26 Å². The second-order valence-corrected chi connectivity index (χ2v) is 5.86. The number of nitrogens with one attached hydrogen (secondary N) is 1. The minimum atomic E-state index is -0.989. The minimum absolute atomic E-state index is 0.345. The van der Waals surface area contributed by atoms with Crippen LogP contribution in [0.1, 0.15) is 28.4 Å². The van der Waals surface area contributed by atoms with Gasteiger partial charge in [0, 0.05) is 7.11 Å². The fraction of sp³-hybridized carbons (Fsp3) is 0.235. The summed E-state index contributed by atoms with van der Waals surface area (Å²) in [4.78, 5) is 24.3. The summed E-state index contributed by atoms with van der Waals surface area (Å²) in [7, 11) is 1.57. The van der Waals surface area contributed by atoms with Gasteiger partial charge in [-0.1, -0.05) is 12.1 Å². The summed E-state index contributed by atoms with van der Waals surface area (Å²) in [6.07, 6.45) is -0.989. The molecular weight excluding hydrogens is 328 g/mol. The Bertz CT molecular complexity index is 779. The molecule has 0 bridgehead atoms. The number of hydrogen-bond donors (Lipinski definition) is 1. The Balaban J connectivity index is 1.99. The summed E-state index contributed by atoms with van der Waals surface area (Å²) in [6.45, 7) is 1.86. The highest BCUT2D eigenvalue weighted by Gasteiger charge is 2.20. The molecule has 0 radical (unpaired) electrons. The van der Waals surface area contributed by atoms with E-state index < -0.39 is 18.0 Å². The van der Waals surface area contributed by atoms with Gasteiger partial charge >= 0.3 is 5.97 Å². The van der Waals surface area contributed by atoms with Crippen molar-refractivity contribution >= 4 is 28.2 Å². The first-order valence-electron chi connectivity index (χ1n) is 7.12. The predicted octanol–water partition coefficient (Wildman–Crippen LogP) is 2.95. The van der Waals surface area contributed by atoms with Gasteiger partial charge in [0.2, 0.25) is 0 Å². The first-order chi connectivity index (χ1) is 11.5. The lowest BCUT2D eigenvalue weighted by Crippen LogP contribution is -2.30. The second kappa shape index (κ2) is 8.24. The van der Waals surface area contributed by atoms with Crippen LogP contribution in [0.2, 0.25) is 0 Å². The highest BCUT2D eigenvalue weighted by atomic mass is 32.1. The van der Waals surface area contributed by atoms with E-state index in [-0.39, 0.29) is 0 Å². The number of nitrogens with zero attached hydrogens (tertiary/aromatic N) is 1. The maximum atomic E-state index is 12.1. The fourth-order valence-electron chi connectivity index (χ4n) is 1.94. The maximum absolute atomic E-state index is 12.1. The van der Waals surface area contributed by atoms with E-state index in [1.54, 1.807) is 36.8 Å². The quantitative estimate of drug-likeness (QED) is 0.814. The van der Waals surface area contributed by atoms with Crippen molar-refractivity contribution in [2.24, 2.45) is 0 Å². The molecule has 1 aromatic heterocycles. The molecule has 1 atom stereocenters. The summed E-state index contributed by atoms with van der Waals surface area (Å²) in [5.41, 5.74) is 1.55. The zero-order chi connectivity index (χ0) is 17.5. The largest absolute Gasteiger partial charge is 0.449 e. The van der Waals surface area contributed by atoms with Crippen molar-refractivity contribution in [3.8, 4) is 6.07 Å². The van der Waals surface area contributed by atoms with Gasteiger partial charge < -0.3 is 14.8 Å². The maximum Gasteiger partial charge on any atom is 0.338 e. The summed E-state index contributed by atoms with van der Waals surface area (Å²) >= 11 is 1.23. The standard InChI is InChI=1S/C17H16N2O4S/c1-11(15(20)19-16-14(9-18)6-7-24-16)23-17(21)13-5-3-4-12(8-13)10-22-2/h3-8,11H,10H2,1-2H3,(H,19,20)/t11-/m1/s1. The fourth-order valence-corrected chi connectivity index (χ4v) is 2.68. The average molecular weight is 344 g/mol. The molecule has 0 saturated carbocycles. The van der Waals surface area contributed by atoms with Gasteiger partial charge in [-0.15, -0.1) is 11.3 Å². The van der Waals surface area contributed by atoms with Crippen LogP contribution >= 0.6 is 11.3 Å². The van der Waals surface area contributed by atoms with Crippen LogP contribution in [0.4, 0.5) is 5.00 Å². The van der Waals surface area contributed by atoms with Gasteiger partial charge in [0.05, 0.1) is 17.7 Å². The lowest BCUT2D eigenvalue weighted by atomic mass is 10.1. The molecule has 1 N–H and O–H groups in total. The molecule has 124 valence electrons. The van der Waals surface area contributed by atoms with Crippen molar-refractivity contribution in [2.45, 2.75) is 19.6 Å². The number of esters is 1. The molecule has 0 aliphatic carbocycles. The summed E-state index contributed by atoms with van der Waals surface area (Å²) in [5.74, 6) is -1.09. The molecule has 2 aromatic rings. The Morgan fingerprint density at radius 2 is 2.17 bits per heavy atom. The second-order valence-electron chi connectivity index (χ2n) is 4.95. The molecule has 6 nitrogen and oxygen atoms in total. The third-order valence-electron chi connectivity index (χ3n) is 3.15. The first kappa shape index (κ1) is 17.7. The molecule has 0 unspecified atom stereocenters. The van der Waals surface area contributed by atoms with E-state index in [2.05, 4.69) is 5.32 Å². The monoisotopic (exact) mass is 344 g/mol. The van der Waals surface area contributed by atoms with Crippen LogP contribution < -0.4 is 5.32 Å². The SMILES string of the molecule is COCc1cccc(C(=O)O[C@H](C)C(=O)Nc2sccc2C#N)c1. The van der Waals surface area contributed by atoms with Gasteiger partial charge in [-0.25, -0.2) is 4.79 Å². The van der Waals surface area contributed by atoms with Crippen molar-refractivity contribution in [2.75, 3.05) is 12.4 Å². The molecule has 0 aliphatic rings. The smallest absolute Gasteiger partial charge is 0.338 e. The highest BCUT2D eigenvalue weighted by molar-refractivity contribution is 7.14. The van der Waals surface area contributed by atoms with Gasteiger partial charge in [0.15, 0.2) is 6.10 Å². The molecule has 1 amide bonds. The van der Waals surface area contributed by atoms with Crippen molar-refractivity contribution in [3.63, 3.8) is 0 Å². The molecule has 0 fully saturated rings. The molecule has 1 heterocycles. The summed E-state index contributed by atoms with van der Waals surface area (Å²) in [6, 6.07) is 10.4. The Morgan fingerprint density at radius 3 is 2.88 bits per heavy atom. The molecule has 0 saturated heterocycles. The van der Waals surface area contributed by atoms with Crippen LogP contribution in [0.5, 0.6) is 0 Å². The van der Waals surface area contributed by atoms with Gasteiger partial charge in [-0.05, 0) is 36.1 Å². The van der Waals surface area contributed by atoms with E-state index >= 15 is 0 Å². The van der Waals surface area contributed by atoms with Crippen LogP contribution in [0, 0.1) is 11.3 Å². The molecule has 7 heteroatoms. The van der Waals surface area contributed by atoms with E-state index in [0.717, 1.165) is 5.56 Å². The van der Waals surface area contributed by atoms with Crippen molar-refractivity contribution < 1.29 is 19.1 Å². The van der Waals surface area contributed by atoms with Crippen molar-refractivity contribution in [1.82, 2.24) is 0 Å². The third-order valence-corrected chi connectivity index (χ3v) is 3.98. The van der Waals surface area contributed by atoms with E-state index in [1.165, 1.54) is 18.3 Å². The Labute approximate surface area is 143 Å². The topological polar surface area (TPSA) is 88.4 Å². The predicted molar refractivity (Wildman–Crippen MR) is 89.7 cm³/mol. The number of hydrogen-bond acceptors (Lipinski definition) is 6. The number of benzene rings is 1. The van der Waals surface area contributed by atoms with Crippen LogP contribution in [0.15, 0.2) is 35.7 Å². The van der Waals surface area contributed by atoms with E-state index in [1.807, 2.05) is 12.1 Å². The number of anilines is 1. The average Bonchev–Trinajstić information content (AvgIpc) is 3.02. The molecule has 2 rings (SSSR count). The number of carbonyl (C=O) groups excluding carboxylic acids is 2. The molecule has 0 aliphatic heterocycles. The normalized spacial score (nSPS) is 11.4. The van der Waals surface area contributed by atoms with Crippen LogP contribution in [0.25, 0.3) is 0 Å². The lowest BCUT2D eigenvalue weighted by molar-refractivity contribution is -0.123. The number of rotatable bonds is 6. The molecule has 0 spiro atoms. The third kappa shape index (κ3) is 4.41. The zero-order valence-corrected chi connectivity index (χ0v) is 14.1. The zero-order valence-electron chi connectivity index (χ0n) is 13.2. The summed E-state index contributed by atoms with van der Waals surface area (Å²) in [5, 5.41) is 13.7. The Hall–Kier alpha value is -2.69. The Kier molecular flexibility index (Phi) is 6.07. The number of ether oxygens (including phenoxy) is 2. The number of thiophene rings is 1. The molecule has 1 aromatic carbocycles. The lowest BCUT2D eigenvalue weighted by Gasteiger charge is -2.13. The molecule has 24 heavy (non-hydrogen) atoms. The van der Waals surface area contributed by atoms with E-state index in [0.29, 0.717) is 22.7 Å². The van der Waals surface area contributed by atoms with Crippen LogP contribution in [-0.2, 0) is 20.9 Å². The Morgan fingerprint density at radius 1 is 1.38 bits per heavy atom. The minimum Gasteiger partial charge on any atom is -0.449 e. The number of carbonyl (C=O) groups is 2. The van der Waals surface area contributed by atoms with Gasteiger partial charge in [-0.3, -0.25) is 4.79 Å². The van der Waals surface area contributed by atoms with Gasteiger partial charge in [0.25, 0.3) is 5.91 Å². The van der Waals surface area contributed by atoms with E-state index in [4.69, 9.17) is 14.7 Å². The van der Waals surface area contributed by atoms with Crippen LogP contribution in [-0.4, -0.2) is 25.1 Å². The molecular formula is C17H16N2O4S. The van der Waals surface area contributed by atoms with E-state index in [9.17, 15) is 9.59 Å². The van der Waals surface area contributed by atoms with Gasteiger partial charge in [0.1, 0.15) is 11.1 Å². The first-order valence-corrected chi connectivity index (χ1v) is 8.00. The number of nitriles is 1. The highest BCUT2D eigenvalue weighted by Crippen LogP contribution is 2.22. The summed E-state index contributed by atoms with van der Waals surface area (Å²) < 4.78 is 10.2. The van der Waals surface area contributed by atoms with Crippen LogP contribution in [0.3, 0.4) is 0 Å². The number of methoxy groups -OCH3 is 1. The van der Waals surface area contributed by atoms with Crippen molar-refractivity contribution in [1.29, 1.82) is 5.26 Å². The number of amides is 1.